The van der Waals surface area contributed by atoms with Crippen LogP contribution in [0.4, 0.5) is 0 Å². The van der Waals surface area contributed by atoms with Gasteiger partial charge in [-0.2, -0.15) is 5.10 Å². The van der Waals surface area contributed by atoms with Gasteiger partial charge in [0.25, 0.3) is 5.91 Å². The highest BCUT2D eigenvalue weighted by molar-refractivity contribution is 5.95. The van der Waals surface area contributed by atoms with E-state index in [1.54, 1.807) is 0 Å². The number of carbonyl (C=O) groups excluding carboxylic acids is 1. The SMILES string of the molecule is Cc1ccccc1OCC(=O)N/N=C1/C[C@H]2CC[C@]1(C)C2(C)C. The smallest absolute Gasteiger partial charge is 0.277 e. The Bertz CT molecular complexity index is 651. The third kappa shape index (κ3) is 2.64. The Morgan fingerprint density at radius 2 is 2.09 bits per heavy atom. The molecule has 0 radical (unpaired) electrons. The topological polar surface area (TPSA) is 50.7 Å². The van der Waals surface area contributed by atoms with E-state index in [0.717, 1.165) is 23.4 Å². The highest BCUT2D eigenvalue weighted by Crippen LogP contribution is 2.63. The molecule has 0 unspecified atom stereocenters. The maximum Gasteiger partial charge on any atom is 0.277 e. The van der Waals surface area contributed by atoms with E-state index in [1.807, 2.05) is 31.2 Å². The second kappa shape index (κ2) is 5.66. The van der Waals surface area contributed by atoms with E-state index in [4.69, 9.17) is 4.74 Å². The maximum atomic E-state index is 12.0. The first kappa shape index (κ1) is 16.0. The van der Waals surface area contributed by atoms with Gasteiger partial charge in [0, 0.05) is 11.1 Å². The van der Waals surface area contributed by atoms with Crippen LogP contribution in [0.1, 0.15) is 45.6 Å². The molecule has 4 nitrogen and oxygen atoms in total. The van der Waals surface area contributed by atoms with Gasteiger partial charge in [-0.05, 0) is 49.1 Å². The minimum absolute atomic E-state index is 0.00876. The summed E-state index contributed by atoms with van der Waals surface area (Å²) < 4.78 is 5.56. The number of amides is 1. The van der Waals surface area contributed by atoms with Crippen molar-refractivity contribution in [1.29, 1.82) is 0 Å². The van der Waals surface area contributed by atoms with E-state index in [2.05, 4.69) is 31.3 Å². The predicted octanol–water partition coefficient (Wildman–Crippen LogP) is 3.69. The Balaban J connectivity index is 1.59. The summed E-state index contributed by atoms with van der Waals surface area (Å²) in [5.74, 6) is 1.22. The lowest BCUT2D eigenvalue weighted by atomic mass is 9.70. The first-order valence-electron chi connectivity index (χ1n) is 8.39. The average molecular weight is 314 g/mol. The highest BCUT2D eigenvalue weighted by Gasteiger charge is 2.59. The zero-order valence-electron chi connectivity index (χ0n) is 14.5. The zero-order chi connectivity index (χ0) is 16.7. The number of hydrogen-bond donors (Lipinski definition) is 1. The van der Waals surface area contributed by atoms with Gasteiger partial charge in [0.1, 0.15) is 5.75 Å². The molecule has 124 valence electrons. The average Bonchev–Trinajstić information content (AvgIpc) is 2.85. The third-order valence-electron chi connectivity index (χ3n) is 6.28. The van der Waals surface area contributed by atoms with Crippen LogP contribution in [0, 0.1) is 23.7 Å². The van der Waals surface area contributed by atoms with Crippen molar-refractivity contribution in [2.45, 2.75) is 47.0 Å². The molecule has 1 aromatic rings. The van der Waals surface area contributed by atoms with Gasteiger partial charge in [-0.15, -0.1) is 0 Å². The largest absolute Gasteiger partial charge is 0.483 e. The van der Waals surface area contributed by atoms with Gasteiger partial charge in [-0.1, -0.05) is 39.0 Å². The van der Waals surface area contributed by atoms with Crippen molar-refractivity contribution < 1.29 is 9.53 Å². The molecule has 0 saturated heterocycles. The number of benzene rings is 1. The van der Waals surface area contributed by atoms with E-state index in [-0.39, 0.29) is 23.3 Å². The lowest BCUT2D eigenvalue weighted by Crippen LogP contribution is -2.35. The van der Waals surface area contributed by atoms with Crippen molar-refractivity contribution in [1.82, 2.24) is 5.43 Å². The quantitative estimate of drug-likeness (QED) is 0.862. The Kier molecular flexibility index (Phi) is 3.95. The van der Waals surface area contributed by atoms with E-state index in [1.165, 1.54) is 12.8 Å². The normalized spacial score (nSPS) is 29.7. The molecule has 2 aliphatic carbocycles. The summed E-state index contributed by atoms with van der Waals surface area (Å²) in [5.41, 5.74) is 5.23. The minimum Gasteiger partial charge on any atom is -0.483 e. The molecule has 3 rings (SSSR count). The number of nitrogens with one attached hydrogen (secondary N) is 1. The number of nitrogens with zero attached hydrogens (tertiary/aromatic N) is 1. The van der Waals surface area contributed by atoms with Crippen LogP contribution in [0.25, 0.3) is 0 Å². The number of ether oxygens (including phenoxy) is 1. The number of para-hydroxylation sites is 1. The van der Waals surface area contributed by atoms with Crippen molar-refractivity contribution in [3.05, 3.63) is 29.8 Å². The van der Waals surface area contributed by atoms with Crippen LogP contribution in [0.3, 0.4) is 0 Å². The summed E-state index contributed by atoms with van der Waals surface area (Å²) in [6.07, 6.45) is 3.44. The molecule has 0 heterocycles. The van der Waals surface area contributed by atoms with Gasteiger partial charge in [0.05, 0.1) is 0 Å². The number of fused-ring (bicyclic) bond motifs is 2. The summed E-state index contributed by atoms with van der Waals surface area (Å²) in [5, 5.41) is 4.45. The molecular weight excluding hydrogens is 288 g/mol. The number of hydrazone groups is 1. The summed E-state index contributed by atoms with van der Waals surface area (Å²) in [6, 6.07) is 7.68. The van der Waals surface area contributed by atoms with Crippen molar-refractivity contribution in [3.63, 3.8) is 0 Å². The van der Waals surface area contributed by atoms with Crippen LogP contribution < -0.4 is 10.2 Å². The molecule has 0 spiro atoms. The van der Waals surface area contributed by atoms with Crippen LogP contribution in [0.5, 0.6) is 5.75 Å². The van der Waals surface area contributed by atoms with Crippen LogP contribution >= 0.6 is 0 Å². The lowest BCUT2D eigenvalue weighted by molar-refractivity contribution is -0.123. The molecule has 0 aliphatic heterocycles. The number of rotatable bonds is 4. The van der Waals surface area contributed by atoms with Gasteiger partial charge >= 0.3 is 0 Å². The van der Waals surface area contributed by atoms with Crippen LogP contribution in [0.15, 0.2) is 29.4 Å². The van der Waals surface area contributed by atoms with Gasteiger partial charge < -0.3 is 4.74 Å². The second-order valence-corrected chi connectivity index (χ2v) is 7.64. The summed E-state index contributed by atoms with van der Waals surface area (Å²) in [6.45, 7) is 8.90. The summed E-state index contributed by atoms with van der Waals surface area (Å²) >= 11 is 0. The van der Waals surface area contributed by atoms with Crippen molar-refractivity contribution in [2.24, 2.45) is 21.8 Å². The molecule has 2 bridgehead atoms. The van der Waals surface area contributed by atoms with Crippen LogP contribution in [-0.2, 0) is 4.79 Å². The van der Waals surface area contributed by atoms with Gasteiger partial charge in [-0.25, -0.2) is 5.43 Å². The van der Waals surface area contributed by atoms with E-state index in [0.29, 0.717) is 5.92 Å². The number of hydrogen-bond acceptors (Lipinski definition) is 3. The van der Waals surface area contributed by atoms with Crippen LogP contribution in [-0.4, -0.2) is 18.2 Å². The fourth-order valence-electron chi connectivity index (χ4n) is 4.12. The molecule has 23 heavy (non-hydrogen) atoms. The Morgan fingerprint density at radius 3 is 2.70 bits per heavy atom. The van der Waals surface area contributed by atoms with Gasteiger partial charge in [0.2, 0.25) is 0 Å². The Labute approximate surface area is 138 Å². The van der Waals surface area contributed by atoms with E-state index >= 15 is 0 Å². The summed E-state index contributed by atoms with van der Waals surface area (Å²) in [4.78, 5) is 12.0. The molecule has 4 heteroatoms. The maximum absolute atomic E-state index is 12.0. The lowest BCUT2D eigenvalue weighted by Gasteiger charge is -2.34. The molecule has 2 fully saturated rings. The first-order chi connectivity index (χ1) is 10.8. The first-order valence-corrected chi connectivity index (χ1v) is 8.39. The molecule has 2 aliphatic rings. The second-order valence-electron chi connectivity index (χ2n) is 7.64. The molecule has 0 aromatic heterocycles. The van der Waals surface area contributed by atoms with Crippen molar-refractivity contribution in [3.8, 4) is 5.75 Å². The molecule has 1 N–H and O–H groups in total. The molecule has 1 amide bonds. The predicted molar refractivity (Wildman–Crippen MR) is 91.5 cm³/mol. The standard InChI is InChI=1S/C19H26N2O2/c1-13-7-5-6-8-15(13)23-12-17(22)21-20-16-11-14-9-10-19(16,4)18(14,2)3/h5-8,14H,9-12H2,1-4H3,(H,21,22)/b20-16-/t14-,19+/m1/s1. The van der Waals surface area contributed by atoms with Crippen molar-refractivity contribution in [2.75, 3.05) is 6.61 Å². The highest BCUT2D eigenvalue weighted by atomic mass is 16.5. The van der Waals surface area contributed by atoms with E-state index < -0.39 is 0 Å². The van der Waals surface area contributed by atoms with Crippen LogP contribution in [0.2, 0.25) is 0 Å². The molecule has 1 aromatic carbocycles. The third-order valence-corrected chi connectivity index (χ3v) is 6.28. The molecular formula is C19H26N2O2. The van der Waals surface area contributed by atoms with Gasteiger partial charge in [0.15, 0.2) is 6.61 Å². The zero-order valence-corrected chi connectivity index (χ0v) is 14.5. The Hall–Kier alpha value is -1.84. The fourth-order valence-corrected chi connectivity index (χ4v) is 4.12. The summed E-state index contributed by atoms with van der Waals surface area (Å²) in [7, 11) is 0. The fraction of sp³-hybridized carbons (Fsp3) is 0.579. The Morgan fingerprint density at radius 1 is 1.35 bits per heavy atom. The van der Waals surface area contributed by atoms with Crippen molar-refractivity contribution >= 4 is 11.6 Å². The van der Waals surface area contributed by atoms with E-state index in [9.17, 15) is 4.79 Å². The number of aryl methyl sites for hydroxylation is 1. The minimum atomic E-state index is -0.204. The number of carbonyl (C=O) groups is 1. The van der Waals surface area contributed by atoms with Gasteiger partial charge in [-0.3, -0.25) is 4.79 Å². The monoisotopic (exact) mass is 314 g/mol. The molecule has 2 saturated carbocycles. The molecule has 2 atom stereocenters.